The van der Waals surface area contributed by atoms with Crippen LogP contribution in [0.4, 0.5) is 5.69 Å². The van der Waals surface area contributed by atoms with Gasteiger partial charge in [0.15, 0.2) is 0 Å². The fourth-order valence-electron chi connectivity index (χ4n) is 2.27. The van der Waals surface area contributed by atoms with Crippen LogP contribution in [0.2, 0.25) is 10.0 Å². The van der Waals surface area contributed by atoms with E-state index in [1.807, 2.05) is 25.1 Å². The lowest BCUT2D eigenvalue weighted by Crippen LogP contribution is -2.21. The van der Waals surface area contributed by atoms with Crippen LogP contribution in [0.15, 0.2) is 53.6 Å². The van der Waals surface area contributed by atoms with Crippen molar-refractivity contribution in [3.05, 3.63) is 64.1 Å². The molecule has 0 atom stereocenters. The molecule has 0 spiro atoms. The molecule has 2 aromatic rings. The first kappa shape index (κ1) is 20.9. The minimum atomic E-state index is -0.320. The average molecular weight is 406 g/mol. The zero-order chi connectivity index (χ0) is 19.6. The number of aryl methyl sites for hydroxylation is 1. The number of halogens is 2. The Morgan fingerprint density at radius 1 is 0.963 bits per heavy atom. The summed E-state index contributed by atoms with van der Waals surface area (Å²) in [5.41, 5.74) is 4.94. The van der Waals surface area contributed by atoms with Crippen molar-refractivity contribution in [3.8, 4) is 0 Å². The molecule has 0 radical (unpaired) electrons. The van der Waals surface area contributed by atoms with E-state index in [9.17, 15) is 9.59 Å². The first-order chi connectivity index (χ1) is 12.9. The van der Waals surface area contributed by atoms with Gasteiger partial charge in [0.2, 0.25) is 11.8 Å². The van der Waals surface area contributed by atoms with Gasteiger partial charge < -0.3 is 5.32 Å². The Kier molecular flexibility index (Phi) is 8.30. The molecule has 142 valence electrons. The number of nitrogens with zero attached hydrogens (tertiary/aromatic N) is 1. The Bertz CT molecular complexity index is 823. The third kappa shape index (κ3) is 7.81. The number of carbonyl (C=O) groups excluding carboxylic acids is 2. The standard InChI is InChI=1S/C20H21Cl2N3O2/c1-14(7-8-15-5-3-2-4-6-15)24-25-20(27)12-11-19(26)23-18-13-16(21)9-10-17(18)22/h2-6,9-10,13H,7-8,11-12H2,1H3,(H,23,26)(H,25,27). The van der Waals surface area contributed by atoms with Crippen LogP contribution in [-0.2, 0) is 16.0 Å². The summed E-state index contributed by atoms with van der Waals surface area (Å²) in [5.74, 6) is -0.638. The van der Waals surface area contributed by atoms with Crippen molar-refractivity contribution in [2.75, 3.05) is 5.32 Å². The normalized spacial score (nSPS) is 11.1. The van der Waals surface area contributed by atoms with Gasteiger partial charge in [-0.05, 0) is 43.5 Å². The Balaban J connectivity index is 1.71. The summed E-state index contributed by atoms with van der Waals surface area (Å²) in [6, 6.07) is 14.8. The first-order valence-electron chi connectivity index (χ1n) is 8.55. The molecule has 2 rings (SSSR count). The number of benzene rings is 2. The van der Waals surface area contributed by atoms with Crippen molar-refractivity contribution in [1.82, 2.24) is 5.43 Å². The lowest BCUT2D eigenvalue weighted by Gasteiger charge is -2.07. The number of carbonyl (C=O) groups is 2. The van der Waals surface area contributed by atoms with Crippen LogP contribution in [0.3, 0.4) is 0 Å². The average Bonchev–Trinajstić information content (AvgIpc) is 2.66. The van der Waals surface area contributed by atoms with Gasteiger partial charge in [-0.3, -0.25) is 9.59 Å². The molecule has 27 heavy (non-hydrogen) atoms. The van der Waals surface area contributed by atoms with Crippen molar-refractivity contribution < 1.29 is 9.59 Å². The van der Waals surface area contributed by atoms with E-state index in [0.717, 1.165) is 18.6 Å². The van der Waals surface area contributed by atoms with Crippen molar-refractivity contribution in [1.29, 1.82) is 0 Å². The van der Waals surface area contributed by atoms with Crippen LogP contribution in [0.25, 0.3) is 0 Å². The van der Waals surface area contributed by atoms with Crippen molar-refractivity contribution in [2.45, 2.75) is 32.6 Å². The number of hydrogen-bond donors (Lipinski definition) is 2. The van der Waals surface area contributed by atoms with Gasteiger partial charge in [0.25, 0.3) is 0 Å². The maximum Gasteiger partial charge on any atom is 0.240 e. The fraction of sp³-hybridized carbons (Fsp3) is 0.250. The Morgan fingerprint density at radius 3 is 2.41 bits per heavy atom. The quantitative estimate of drug-likeness (QED) is 0.487. The summed E-state index contributed by atoms with van der Waals surface area (Å²) in [4.78, 5) is 23.8. The van der Waals surface area contributed by atoms with E-state index in [0.29, 0.717) is 15.7 Å². The lowest BCUT2D eigenvalue weighted by molar-refractivity contribution is -0.124. The maximum absolute atomic E-state index is 11.9. The molecule has 2 N–H and O–H groups in total. The highest BCUT2D eigenvalue weighted by Crippen LogP contribution is 2.25. The van der Waals surface area contributed by atoms with Gasteiger partial charge in [0, 0.05) is 23.6 Å². The van der Waals surface area contributed by atoms with Crippen LogP contribution in [0.1, 0.15) is 31.7 Å². The summed E-state index contributed by atoms with van der Waals surface area (Å²) >= 11 is 11.9. The van der Waals surface area contributed by atoms with E-state index >= 15 is 0 Å². The largest absolute Gasteiger partial charge is 0.325 e. The summed E-state index contributed by atoms with van der Waals surface area (Å²) < 4.78 is 0. The minimum Gasteiger partial charge on any atom is -0.325 e. The summed E-state index contributed by atoms with van der Waals surface area (Å²) in [7, 11) is 0. The Labute approximate surface area is 168 Å². The second-order valence-corrected chi connectivity index (χ2v) is 6.88. The molecule has 2 amide bonds. The molecule has 0 heterocycles. The summed E-state index contributed by atoms with van der Waals surface area (Å²) in [6.07, 6.45) is 1.65. The van der Waals surface area contributed by atoms with Gasteiger partial charge in [-0.25, -0.2) is 5.43 Å². The Morgan fingerprint density at radius 2 is 1.67 bits per heavy atom. The minimum absolute atomic E-state index is 0.0211. The lowest BCUT2D eigenvalue weighted by atomic mass is 10.1. The number of amides is 2. The van der Waals surface area contributed by atoms with Gasteiger partial charge in [0.05, 0.1) is 10.7 Å². The topological polar surface area (TPSA) is 70.6 Å². The first-order valence-corrected chi connectivity index (χ1v) is 9.30. The zero-order valence-corrected chi connectivity index (χ0v) is 16.5. The fourth-order valence-corrected chi connectivity index (χ4v) is 2.61. The van der Waals surface area contributed by atoms with E-state index in [1.165, 1.54) is 5.56 Å². The van der Waals surface area contributed by atoms with Crippen molar-refractivity contribution >= 4 is 46.4 Å². The second-order valence-electron chi connectivity index (χ2n) is 6.04. The van der Waals surface area contributed by atoms with Gasteiger partial charge in [-0.15, -0.1) is 0 Å². The SMILES string of the molecule is CC(CCc1ccccc1)=NNC(=O)CCC(=O)Nc1cc(Cl)ccc1Cl. The molecule has 0 aliphatic heterocycles. The number of hydrogen-bond acceptors (Lipinski definition) is 3. The molecule has 7 heteroatoms. The molecule has 5 nitrogen and oxygen atoms in total. The number of anilines is 1. The van der Waals surface area contributed by atoms with Crippen LogP contribution >= 0.6 is 23.2 Å². The second kappa shape index (κ2) is 10.7. The third-order valence-corrected chi connectivity index (χ3v) is 4.34. The third-order valence-electron chi connectivity index (χ3n) is 3.77. The molecule has 0 aliphatic carbocycles. The Hall–Kier alpha value is -2.37. The highest BCUT2D eigenvalue weighted by molar-refractivity contribution is 6.35. The number of nitrogens with one attached hydrogen (secondary N) is 2. The van der Waals surface area contributed by atoms with Crippen LogP contribution in [0.5, 0.6) is 0 Å². The number of rotatable bonds is 8. The van der Waals surface area contributed by atoms with E-state index in [2.05, 4.69) is 28.0 Å². The van der Waals surface area contributed by atoms with E-state index < -0.39 is 0 Å². The smallest absolute Gasteiger partial charge is 0.240 e. The summed E-state index contributed by atoms with van der Waals surface area (Å²) in [6.45, 7) is 1.86. The molecule has 0 unspecified atom stereocenters. The van der Waals surface area contributed by atoms with E-state index in [-0.39, 0.29) is 24.7 Å². The molecular weight excluding hydrogens is 385 g/mol. The molecule has 0 bridgehead atoms. The highest BCUT2D eigenvalue weighted by atomic mass is 35.5. The van der Waals surface area contributed by atoms with Gasteiger partial charge in [-0.2, -0.15) is 5.10 Å². The molecule has 2 aromatic carbocycles. The van der Waals surface area contributed by atoms with Gasteiger partial charge in [-0.1, -0.05) is 53.5 Å². The molecule has 0 aliphatic rings. The van der Waals surface area contributed by atoms with Crippen LogP contribution in [0, 0.1) is 0 Å². The molecule has 0 saturated carbocycles. The number of hydrazone groups is 1. The van der Waals surface area contributed by atoms with E-state index in [4.69, 9.17) is 23.2 Å². The maximum atomic E-state index is 11.9. The molecule has 0 aromatic heterocycles. The van der Waals surface area contributed by atoms with E-state index in [1.54, 1.807) is 18.2 Å². The van der Waals surface area contributed by atoms with Gasteiger partial charge >= 0.3 is 0 Å². The molecule has 0 saturated heterocycles. The van der Waals surface area contributed by atoms with Gasteiger partial charge in [0.1, 0.15) is 0 Å². The molecule has 0 fully saturated rings. The predicted molar refractivity (Wildman–Crippen MR) is 110 cm³/mol. The van der Waals surface area contributed by atoms with Crippen molar-refractivity contribution in [2.24, 2.45) is 5.10 Å². The predicted octanol–water partition coefficient (Wildman–Crippen LogP) is 4.84. The highest BCUT2D eigenvalue weighted by Gasteiger charge is 2.09. The molecular formula is C20H21Cl2N3O2. The monoisotopic (exact) mass is 405 g/mol. The summed E-state index contributed by atoms with van der Waals surface area (Å²) in [5, 5.41) is 7.56. The van der Waals surface area contributed by atoms with Crippen LogP contribution < -0.4 is 10.7 Å². The zero-order valence-electron chi connectivity index (χ0n) is 15.0. The van der Waals surface area contributed by atoms with Crippen molar-refractivity contribution in [3.63, 3.8) is 0 Å². The van der Waals surface area contributed by atoms with Crippen LogP contribution in [-0.4, -0.2) is 17.5 Å².